The molecule has 0 aromatic heterocycles. The second kappa shape index (κ2) is 7.92. The maximum Gasteiger partial charge on any atom is 0.136 e. The predicted octanol–water partition coefficient (Wildman–Crippen LogP) is 4.65. The second-order valence-corrected chi connectivity index (χ2v) is 6.69. The number of halogens is 3. The molecule has 1 N–H and O–H groups in total. The van der Waals surface area contributed by atoms with Gasteiger partial charge in [0.15, 0.2) is 0 Å². The summed E-state index contributed by atoms with van der Waals surface area (Å²) in [6.45, 7) is 0. The van der Waals surface area contributed by atoms with Crippen molar-refractivity contribution in [3.63, 3.8) is 0 Å². The summed E-state index contributed by atoms with van der Waals surface area (Å²) in [7, 11) is 1.86. The average molecular weight is 372 g/mol. The van der Waals surface area contributed by atoms with E-state index in [0.29, 0.717) is 17.1 Å². The normalized spacial score (nSPS) is 12.4. The van der Waals surface area contributed by atoms with Crippen molar-refractivity contribution in [1.82, 2.24) is 5.32 Å². The van der Waals surface area contributed by atoms with Crippen molar-refractivity contribution < 1.29 is 8.78 Å². The topological polar surface area (TPSA) is 12.0 Å². The highest BCUT2D eigenvalue weighted by Crippen LogP contribution is 2.23. The molecule has 0 aliphatic rings. The van der Waals surface area contributed by atoms with Gasteiger partial charge in [0, 0.05) is 21.2 Å². The summed E-state index contributed by atoms with van der Waals surface area (Å²) in [4.78, 5) is 0.637. The maximum atomic E-state index is 13.6. The van der Waals surface area contributed by atoms with Crippen LogP contribution in [0.3, 0.4) is 0 Å². The first kappa shape index (κ1) is 16.5. The molecule has 2 rings (SSSR count). The van der Waals surface area contributed by atoms with Gasteiger partial charge >= 0.3 is 0 Å². The van der Waals surface area contributed by atoms with E-state index in [1.54, 1.807) is 12.1 Å². The Kier molecular flexibility index (Phi) is 6.21. The number of rotatable bonds is 6. The maximum absolute atomic E-state index is 13.6. The van der Waals surface area contributed by atoms with Crippen molar-refractivity contribution >= 4 is 27.7 Å². The molecule has 21 heavy (non-hydrogen) atoms. The zero-order valence-corrected chi connectivity index (χ0v) is 14.0. The zero-order chi connectivity index (χ0) is 15.2. The van der Waals surface area contributed by atoms with Crippen LogP contribution in [-0.2, 0) is 6.42 Å². The van der Waals surface area contributed by atoms with Gasteiger partial charge in [-0.25, -0.2) is 8.78 Å². The Morgan fingerprint density at radius 3 is 2.62 bits per heavy atom. The van der Waals surface area contributed by atoms with Gasteiger partial charge in [-0.2, -0.15) is 0 Å². The van der Waals surface area contributed by atoms with Gasteiger partial charge in [0.1, 0.15) is 11.6 Å². The van der Waals surface area contributed by atoms with E-state index < -0.39 is 0 Å². The van der Waals surface area contributed by atoms with Crippen molar-refractivity contribution in [3.05, 3.63) is 64.1 Å². The summed E-state index contributed by atoms with van der Waals surface area (Å²) in [5, 5.41) is 3.20. The van der Waals surface area contributed by atoms with Gasteiger partial charge in [0.25, 0.3) is 0 Å². The third-order valence-corrected chi connectivity index (χ3v) is 4.76. The fraction of sp³-hybridized carbons (Fsp3) is 0.250. The van der Waals surface area contributed by atoms with Crippen molar-refractivity contribution in [2.75, 3.05) is 12.8 Å². The largest absolute Gasteiger partial charge is 0.316 e. The highest BCUT2D eigenvalue weighted by molar-refractivity contribution is 9.10. The predicted molar refractivity (Wildman–Crippen MR) is 87.8 cm³/mol. The van der Waals surface area contributed by atoms with Gasteiger partial charge in [-0.15, -0.1) is 11.8 Å². The van der Waals surface area contributed by atoms with Crippen LogP contribution in [0.2, 0.25) is 0 Å². The van der Waals surface area contributed by atoms with Gasteiger partial charge in [-0.05, 0) is 49.4 Å². The summed E-state index contributed by atoms with van der Waals surface area (Å²) in [6.07, 6.45) is 0.689. The van der Waals surface area contributed by atoms with Crippen LogP contribution in [0.4, 0.5) is 8.78 Å². The van der Waals surface area contributed by atoms with Crippen LogP contribution in [0, 0.1) is 11.6 Å². The molecule has 0 spiro atoms. The van der Waals surface area contributed by atoms with Gasteiger partial charge < -0.3 is 5.32 Å². The minimum atomic E-state index is -0.254. The Morgan fingerprint density at radius 2 is 1.95 bits per heavy atom. The third kappa shape index (κ3) is 5.09. The lowest BCUT2D eigenvalue weighted by Crippen LogP contribution is -2.30. The standard InChI is InChI=1S/C16H16BrF2NS/c1-20-14(8-11-6-12(17)9-13(18)7-11)10-21-16-5-3-2-4-15(16)19/h2-7,9,14,20H,8,10H2,1H3. The quantitative estimate of drug-likeness (QED) is 0.741. The Hall–Kier alpha value is -0.910. The van der Waals surface area contributed by atoms with E-state index in [1.807, 2.05) is 19.2 Å². The SMILES string of the molecule is CNC(CSc1ccccc1F)Cc1cc(F)cc(Br)c1. The molecule has 0 radical (unpaired) electrons. The highest BCUT2D eigenvalue weighted by atomic mass is 79.9. The van der Waals surface area contributed by atoms with E-state index in [-0.39, 0.29) is 17.7 Å². The summed E-state index contributed by atoms with van der Waals surface area (Å²) in [5.41, 5.74) is 0.912. The lowest BCUT2D eigenvalue weighted by molar-refractivity contribution is 0.595. The molecular weight excluding hydrogens is 356 g/mol. The van der Waals surface area contributed by atoms with Gasteiger partial charge in [0.05, 0.1) is 0 Å². The molecule has 0 fully saturated rings. The van der Waals surface area contributed by atoms with Crippen LogP contribution < -0.4 is 5.32 Å². The molecule has 1 atom stereocenters. The summed E-state index contributed by atoms with van der Waals surface area (Å²) < 4.78 is 27.7. The van der Waals surface area contributed by atoms with Crippen molar-refractivity contribution in [2.45, 2.75) is 17.4 Å². The molecule has 112 valence electrons. The lowest BCUT2D eigenvalue weighted by Gasteiger charge is -2.16. The van der Waals surface area contributed by atoms with E-state index in [1.165, 1.54) is 30.0 Å². The molecule has 0 saturated carbocycles. The summed E-state index contributed by atoms with van der Waals surface area (Å²) in [6, 6.07) is 11.7. The first-order valence-electron chi connectivity index (χ1n) is 6.58. The number of hydrogen-bond acceptors (Lipinski definition) is 2. The number of thioether (sulfide) groups is 1. The van der Waals surface area contributed by atoms with Crippen LogP contribution in [-0.4, -0.2) is 18.8 Å². The van der Waals surface area contributed by atoms with Crippen molar-refractivity contribution in [2.24, 2.45) is 0 Å². The van der Waals surface area contributed by atoms with Crippen molar-refractivity contribution in [1.29, 1.82) is 0 Å². The molecular formula is C16H16BrF2NS. The Bertz CT molecular complexity index is 586. The zero-order valence-electron chi connectivity index (χ0n) is 11.6. The van der Waals surface area contributed by atoms with Crippen molar-refractivity contribution in [3.8, 4) is 0 Å². The van der Waals surface area contributed by atoms with Gasteiger partial charge in [-0.1, -0.05) is 28.1 Å². The third-order valence-electron chi connectivity index (χ3n) is 3.09. The van der Waals surface area contributed by atoms with Crippen LogP contribution >= 0.6 is 27.7 Å². The van der Waals surface area contributed by atoms with Crippen LogP contribution in [0.5, 0.6) is 0 Å². The molecule has 0 amide bonds. The fourth-order valence-electron chi connectivity index (χ4n) is 2.01. The fourth-order valence-corrected chi connectivity index (χ4v) is 3.57. The monoisotopic (exact) mass is 371 g/mol. The minimum Gasteiger partial charge on any atom is -0.316 e. The van der Waals surface area contributed by atoms with Crippen LogP contribution in [0.25, 0.3) is 0 Å². The van der Waals surface area contributed by atoms with E-state index in [4.69, 9.17) is 0 Å². The summed E-state index contributed by atoms with van der Waals surface area (Å²) in [5.74, 6) is 0.257. The first-order chi connectivity index (χ1) is 10.1. The smallest absolute Gasteiger partial charge is 0.136 e. The Balaban J connectivity index is 1.98. The molecule has 0 heterocycles. The van der Waals surface area contributed by atoms with Gasteiger partial charge in [-0.3, -0.25) is 0 Å². The number of likely N-dealkylation sites (N-methyl/N-ethyl adjacent to an activating group) is 1. The van der Waals surface area contributed by atoms with Gasteiger partial charge in [0.2, 0.25) is 0 Å². The van der Waals surface area contributed by atoms with Crippen LogP contribution in [0.15, 0.2) is 51.8 Å². The molecule has 2 aromatic rings. The molecule has 2 aromatic carbocycles. The Labute approximate surface area is 136 Å². The second-order valence-electron chi connectivity index (χ2n) is 4.71. The molecule has 0 saturated heterocycles. The lowest BCUT2D eigenvalue weighted by atomic mass is 10.1. The molecule has 1 nitrogen and oxygen atoms in total. The Morgan fingerprint density at radius 1 is 1.19 bits per heavy atom. The van der Waals surface area contributed by atoms with E-state index in [9.17, 15) is 8.78 Å². The highest BCUT2D eigenvalue weighted by Gasteiger charge is 2.11. The minimum absolute atomic E-state index is 0.142. The first-order valence-corrected chi connectivity index (χ1v) is 8.36. The molecule has 0 bridgehead atoms. The molecule has 0 aliphatic carbocycles. The van der Waals surface area contributed by atoms with Crippen LogP contribution in [0.1, 0.15) is 5.56 Å². The summed E-state index contributed by atoms with van der Waals surface area (Å²) >= 11 is 4.76. The van der Waals surface area contributed by atoms with E-state index >= 15 is 0 Å². The number of nitrogens with one attached hydrogen (secondary N) is 1. The molecule has 0 aliphatic heterocycles. The van der Waals surface area contributed by atoms with E-state index in [2.05, 4.69) is 21.2 Å². The molecule has 5 heteroatoms. The number of hydrogen-bond donors (Lipinski definition) is 1. The number of benzene rings is 2. The average Bonchev–Trinajstić information content (AvgIpc) is 2.44. The molecule has 1 unspecified atom stereocenters. The van der Waals surface area contributed by atoms with E-state index in [0.717, 1.165) is 10.0 Å².